The number of rotatable bonds is 5. The van der Waals surface area contributed by atoms with Crippen LogP contribution in [0.15, 0.2) is 23.9 Å². The maximum absolute atomic E-state index is 12.0. The number of nitrogens with zero attached hydrogens (tertiary/aromatic N) is 1. The second kappa shape index (κ2) is 7.44. The maximum Gasteiger partial charge on any atom is 0.343 e. The molecule has 1 aliphatic rings. The van der Waals surface area contributed by atoms with Crippen molar-refractivity contribution >= 4 is 46.6 Å². The first-order valence-electron chi connectivity index (χ1n) is 6.80. The Morgan fingerprint density at radius 3 is 2.70 bits per heavy atom. The summed E-state index contributed by atoms with van der Waals surface area (Å²) >= 11 is 2.06. The number of urea groups is 1. The number of carbonyl (C=O) groups is 3. The number of amides is 3. The fourth-order valence-electron chi connectivity index (χ4n) is 1.95. The van der Waals surface area contributed by atoms with E-state index < -0.39 is 12.0 Å². The van der Waals surface area contributed by atoms with E-state index in [1.807, 2.05) is 0 Å². The molecule has 0 saturated carbocycles. The normalized spacial score (nSPS) is 15.8. The molecule has 0 bridgehead atoms. The number of ether oxygens (including phenoxy) is 2. The molecular weight excluding hydrogens is 415 g/mol. The summed E-state index contributed by atoms with van der Waals surface area (Å²) in [6, 6.07) is 4.79. The zero-order valence-electron chi connectivity index (χ0n) is 12.6. The molecule has 23 heavy (non-hydrogen) atoms. The first kappa shape index (κ1) is 17.3. The van der Waals surface area contributed by atoms with Crippen molar-refractivity contribution < 1.29 is 23.9 Å². The zero-order chi connectivity index (χ0) is 17.0. The van der Waals surface area contributed by atoms with Gasteiger partial charge in [-0.05, 0) is 53.3 Å². The fraction of sp³-hybridized carbons (Fsp3) is 0.267. The summed E-state index contributed by atoms with van der Waals surface area (Å²) in [5.74, 6) is -0.278. The van der Waals surface area contributed by atoms with Crippen molar-refractivity contribution in [1.82, 2.24) is 10.2 Å². The summed E-state index contributed by atoms with van der Waals surface area (Å²) in [6.07, 6.45) is 1.60. The minimum absolute atomic E-state index is 0.174. The number of nitrogens with one attached hydrogen (secondary N) is 1. The van der Waals surface area contributed by atoms with Crippen LogP contribution in [0, 0.1) is 3.57 Å². The molecule has 0 radical (unpaired) electrons. The van der Waals surface area contributed by atoms with Gasteiger partial charge in [-0.25, -0.2) is 9.59 Å². The number of imide groups is 1. The lowest BCUT2D eigenvalue weighted by atomic mass is 10.2. The summed E-state index contributed by atoms with van der Waals surface area (Å²) in [4.78, 5) is 35.8. The van der Waals surface area contributed by atoms with Gasteiger partial charge in [-0.1, -0.05) is 6.07 Å². The number of benzene rings is 1. The Balaban J connectivity index is 2.15. The molecular formula is C15H15IN2O5. The van der Waals surface area contributed by atoms with E-state index in [-0.39, 0.29) is 18.2 Å². The molecule has 0 unspecified atom stereocenters. The van der Waals surface area contributed by atoms with Gasteiger partial charge in [0.25, 0.3) is 5.91 Å². The molecule has 2 rings (SSSR count). The number of likely N-dealkylation sites (N-methyl/N-ethyl adjacent to an activating group) is 1. The average molecular weight is 430 g/mol. The van der Waals surface area contributed by atoms with E-state index in [4.69, 9.17) is 4.74 Å². The third kappa shape index (κ3) is 4.01. The van der Waals surface area contributed by atoms with Gasteiger partial charge in [0.05, 0.1) is 10.7 Å². The van der Waals surface area contributed by atoms with Gasteiger partial charge in [0.15, 0.2) is 6.61 Å². The van der Waals surface area contributed by atoms with E-state index in [0.717, 1.165) is 14.0 Å². The van der Waals surface area contributed by atoms with Gasteiger partial charge in [-0.3, -0.25) is 9.69 Å². The Morgan fingerprint density at radius 2 is 2.13 bits per heavy atom. The maximum atomic E-state index is 12.0. The minimum atomic E-state index is -0.467. The molecule has 1 aliphatic heterocycles. The van der Waals surface area contributed by atoms with Crippen molar-refractivity contribution in [2.24, 2.45) is 0 Å². The quantitative estimate of drug-likeness (QED) is 0.333. The molecule has 3 amide bonds. The molecule has 0 spiro atoms. The molecule has 1 saturated heterocycles. The van der Waals surface area contributed by atoms with Crippen LogP contribution in [0.1, 0.15) is 12.5 Å². The summed E-state index contributed by atoms with van der Waals surface area (Å²) in [6.45, 7) is 1.88. The molecule has 0 atom stereocenters. The van der Waals surface area contributed by atoms with Crippen molar-refractivity contribution in [1.29, 1.82) is 0 Å². The number of methoxy groups -OCH3 is 1. The lowest BCUT2D eigenvalue weighted by Crippen LogP contribution is -2.30. The van der Waals surface area contributed by atoms with E-state index in [2.05, 4.69) is 32.6 Å². The summed E-state index contributed by atoms with van der Waals surface area (Å²) < 4.78 is 10.6. The van der Waals surface area contributed by atoms with Crippen LogP contribution in [0.3, 0.4) is 0 Å². The Kier molecular flexibility index (Phi) is 5.59. The van der Waals surface area contributed by atoms with Crippen molar-refractivity contribution in [2.75, 3.05) is 20.3 Å². The molecule has 1 N–H and O–H groups in total. The number of halogens is 1. The standard InChI is InChI=1S/C15H15IN2O5/c1-3-18-14(20)11(17-15(18)21)7-9-4-5-12(10(16)6-9)23-8-13(19)22-2/h4-7H,3,8H2,1-2H3,(H,17,21)/b11-7+. The van der Waals surface area contributed by atoms with E-state index in [9.17, 15) is 14.4 Å². The van der Waals surface area contributed by atoms with Crippen molar-refractivity contribution in [3.05, 3.63) is 33.0 Å². The summed E-state index contributed by atoms with van der Waals surface area (Å²) in [7, 11) is 1.29. The highest BCUT2D eigenvalue weighted by Crippen LogP contribution is 2.24. The molecule has 7 nitrogen and oxygen atoms in total. The Hall–Kier alpha value is -2.10. The van der Waals surface area contributed by atoms with Gasteiger partial charge in [-0.2, -0.15) is 0 Å². The fourth-order valence-corrected chi connectivity index (χ4v) is 2.64. The van der Waals surface area contributed by atoms with Crippen LogP contribution in [0.4, 0.5) is 4.79 Å². The highest BCUT2D eigenvalue weighted by molar-refractivity contribution is 14.1. The third-order valence-corrected chi connectivity index (χ3v) is 3.96. The second-order valence-corrected chi connectivity index (χ2v) is 5.75. The number of carbonyl (C=O) groups excluding carboxylic acids is 3. The van der Waals surface area contributed by atoms with Gasteiger partial charge in [0, 0.05) is 6.54 Å². The van der Waals surface area contributed by atoms with Gasteiger partial charge in [0.2, 0.25) is 0 Å². The number of hydrogen-bond donors (Lipinski definition) is 1. The average Bonchev–Trinajstić information content (AvgIpc) is 2.79. The van der Waals surface area contributed by atoms with Crippen LogP contribution < -0.4 is 10.1 Å². The molecule has 1 aromatic carbocycles. The van der Waals surface area contributed by atoms with E-state index in [1.54, 1.807) is 31.2 Å². The smallest absolute Gasteiger partial charge is 0.343 e. The zero-order valence-corrected chi connectivity index (χ0v) is 14.7. The van der Waals surface area contributed by atoms with Crippen LogP contribution in [0.25, 0.3) is 6.08 Å². The van der Waals surface area contributed by atoms with Crippen LogP contribution in [-0.2, 0) is 14.3 Å². The summed E-state index contributed by atoms with van der Waals surface area (Å²) in [5.41, 5.74) is 0.970. The Labute approximate surface area is 146 Å². The van der Waals surface area contributed by atoms with Crippen molar-refractivity contribution in [3.63, 3.8) is 0 Å². The van der Waals surface area contributed by atoms with Crippen LogP contribution in [0.5, 0.6) is 5.75 Å². The van der Waals surface area contributed by atoms with Gasteiger partial charge >= 0.3 is 12.0 Å². The lowest BCUT2D eigenvalue weighted by molar-refractivity contribution is -0.142. The van der Waals surface area contributed by atoms with E-state index in [0.29, 0.717) is 12.3 Å². The predicted molar refractivity (Wildman–Crippen MR) is 90.6 cm³/mol. The highest BCUT2D eigenvalue weighted by atomic mass is 127. The van der Waals surface area contributed by atoms with Gasteiger partial charge in [-0.15, -0.1) is 0 Å². The molecule has 0 aliphatic carbocycles. The predicted octanol–water partition coefficient (Wildman–Crippen LogP) is 1.76. The topological polar surface area (TPSA) is 84.9 Å². The summed E-state index contributed by atoms with van der Waals surface area (Å²) in [5, 5.41) is 2.54. The van der Waals surface area contributed by atoms with Crippen molar-refractivity contribution in [2.45, 2.75) is 6.92 Å². The first-order valence-corrected chi connectivity index (χ1v) is 7.87. The van der Waals surface area contributed by atoms with E-state index >= 15 is 0 Å². The van der Waals surface area contributed by atoms with Gasteiger partial charge < -0.3 is 14.8 Å². The van der Waals surface area contributed by atoms with Crippen LogP contribution >= 0.6 is 22.6 Å². The number of hydrogen-bond acceptors (Lipinski definition) is 5. The Bertz CT molecular complexity index is 686. The van der Waals surface area contributed by atoms with Crippen molar-refractivity contribution in [3.8, 4) is 5.75 Å². The third-order valence-electron chi connectivity index (χ3n) is 3.12. The SMILES string of the molecule is CCN1C(=O)N/C(=C/c2ccc(OCC(=O)OC)c(I)c2)C1=O. The highest BCUT2D eigenvalue weighted by Gasteiger charge is 2.31. The molecule has 1 aromatic rings. The molecule has 1 heterocycles. The minimum Gasteiger partial charge on any atom is -0.481 e. The second-order valence-electron chi connectivity index (χ2n) is 4.59. The van der Waals surface area contributed by atoms with E-state index in [1.165, 1.54) is 7.11 Å². The van der Waals surface area contributed by atoms with Gasteiger partial charge in [0.1, 0.15) is 11.4 Å². The molecule has 0 aromatic heterocycles. The lowest BCUT2D eigenvalue weighted by Gasteiger charge is -2.08. The molecule has 8 heteroatoms. The monoisotopic (exact) mass is 430 g/mol. The Morgan fingerprint density at radius 1 is 1.39 bits per heavy atom. The van der Waals surface area contributed by atoms with Crippen LogP contribution in [0.2, 0.25) is 0 Å². The molecule has 1 fully saturated rings. The first-order chi connectivity index (χ1) is 11.0. The number of esters is 1. The van der Waals surface area contributed by atoms with Crippen LogP contribution in [-0.4, -0.2) is 43.1 Å². The molecule has 122 valence electrons. The largest absolute Gasteiger partial charge is 0.481 e.